The molecule has 0 aliphatic heterocycles. The van der Waals surface area contributed by atoms with Crippen LogP contribution in [0.1, 0.15) is 35.4 Å². The second kappa shape index (κ2) is 5.94. The SMILES string of the molecule is Cc1n[nH]c(C)c1C(C)C(=O)Nc1ccc(O)c(C(F)(F)F)c1. The van der Waals surface area contributed by atoms with E-state index in [1.807, 2.05) is 0 Å². The summed E-state index contributed by atoms with van der Waals surface area (Å²) in [6.45, 7) is 5.15. The van der Waals surface area contributed by atoms with E-state index in [1.165, 1.54) is 6.07 Å². The standard InChI is InChI=1S/C15H16F3N3O2/c1-7(13-8(2)20-21-9(13)3)14(23)19-10-4-5-12(22)11(6-10)15(16,17)18/h4-7,22H,1-3H3,(H,19,23)(H,20,21). The molecule has 1 atom stereocenters. The van der Waals surface area contributed by atoms with E-state index in [-0.39, 0.29) is 5.69 Å². The Morgan fingerprint density at radius 1 is 1.35 bits per heavy atom. The number of rotatable bonds is 3. The van der Waals surface area contributed by atoms with Crippen LogP contribution in [0.2, 0.25) is 0 Å². The number of alkyl halides is 3. The Bertz CT molecular complexity index is 719. The van der Waals surface area contributed by atoms with Crippen molar-refractivity contribution in [1.82, 2.24) is 10.2 Å². The van der Waals surface area contributed by atoms with Gasteiger partial charge in [-0.15, -0.1) is 0 Å². The van der Waals surface area contributed by atoms with Crippen molar-refractivity contribution in [2.75, 3.05) is 5.32 Å². The summed E-state index contributed by atoms with van der Waals surface area (Å²) in [5.41, 5.74) is 0.861. The van der Waals surface area contributed by atoms with Crippen molar-refractivity contribution in [2.45, 2.75) is 32.9 Å². The van der Waals surface area contributed by atoms with Crippen LogP contribution in [0.5, 0.6) is 5.75 Å². The maximum atomic E-state index is 12.8. The van der Waals surface area contributed by atoms with Gasteiger partial charge in [0, 0.05) is 16.9 Å². The lowest BCUT2D eigenvalue weighted by Gasteiger charge is -2.15. The number of benzene rings is 1. The fourth-order valence-electron chi connectivity index (χ4n) is 2.42. The van der Waals surface area contributed by atoms with Crippen LogP contribution < -0.4 is 5.32 Å². The summed E-state index contributed by atoms with van der Waals surface area (Å²) in [4.78, 5) is 12.3. The van der Waals surface area contributed by atoms with Gasteiger partial charge in [0.25, 0.3) is 0 Å². The number of aromatic amines is 1. The summed E-state index contributed by atoms with van der Waals surface area (Å²) < 4.78 is 38.3. The van der Waals surface area contributed by atoms with E-state index in [9.17, 15) is 23.1 Å². The summed E-state index contributed by atoms with van der Waals surface area (Å²) >= 11 is 0. The first kappa shape index (κ1) is 16.9. The summed E-state index contributed by atoms with van der Waals surface area (Å²) in [5, 5.41) is 18.5. The Morgan fingerprint density at radius 2 is 2.00 bits per heavy atom. The second-order valence-corrected chi connectivity index (χ2v) is 5.29. The zero-order valence-electron chi connectivity index (χ0n) is 12.7. The third-order valence-corrected chi connectivity index (χ3v) is 3.58. The summed E-state index contributed by atoms with van der Waals surface area (Å²) in [6.07, 6.45) is -4.70. The van der Waals surface area contributed by atoms with Crippen molar-refractivity contribution in [2.24, 2.45) is 0 Å². The Hall–Kier alpha value is -2.51. The van der Waals surface area contributed by atoms with E-state index in [2.05, 4.69) is 15.5 Å². The van der Waals surface area contributed by atoms with Gasteiger partial charge in [-0.05, 0) is 39.0 Å². The predicted octanol–water partition coefficient (Wildman–Crippen LogP) is 3.49. The lowest BCUT2D eigenvalue weighted by molar-refractivity contribution is -0.138. The van der Waals surface area contributed by atoms with E-state index in [0.717, 1.165) is 11.8 Å². The lowest BCUT2D eigenvalue weighted by Crippen LogP contribution is -2.20. The molecule has 124 valence electrons. The second-order valence-electron chi connectivity index (χ2n) is 5.29. The first-order valence-electron chi connectivity index (χ1n) is 6.83. The van der Waals surface area contributed by atoms with Crippen LogP contribution in [-0.2, 0) is 11.0 Å². The van der Waals surface area contributed by atoms with Gasteiger partial charge in [-0.3, -0.25) is 9.89 Å². The molecule has 2 rings (SSSR count). The van der Waals surface area contributed by atoms with Gasteiger partial charge in [0.1, 0.15) is 5.75 Å². The zero-order chi connectivity index (χ0) is 17.4. The first-order chi connectivity index (χ1) is 10.6. The van der Waals surface area contributed by atoms with E-state index < -0.39 is 29.3 Å². The van der Waals surface area contributed by atoms with E-state index >= 15 is 0 Å². The van der Waals surface area contributed by atoms with E-state index in [0.29, 0.717) is 17.3 Å². The number of aromatic hydroxyl groups is 1. The highest BCUT2D eigenvalue weighted by molar-refractivity contribution is 5.96. The molecular formula is C15H16F3N3O2. The summed E-state index contributed by atoms with van der Waals surface area (Å²) in [7, 11) is 0. The molecule has 0 saturated carbocycles. The number of anilines is 1. The topological polar surface area (TPSA) is 78.0 Å². The van der Waals surface area contributed by atoms with Gasteiger partial charge in [0.15, 0.2) is 0 Å². The van der Waals surface area contributed by atoms with Gasteiger partial charge in [-0.2, -0.15) is 18.3 Å². The van der Waals surface area contributed by atoms with Gasteiger partial charge in [0.05, 0.1) is 17.2 Å². The maximum Gasteiger partial charge on any atom is 0.420 e. The highest BCUT2D eigenvalue weighted by Crippen LogP contribution is 2.37. The fraction of sp³-hybridized carbons (Fsp3) is 0.333. The van der Waals surface area contributed by atoms with E-state index in [4.69, 9.17) is 0 Å². The van der Waals surface area contributed by atoms with Crippen LogP contribution in [-0.4, -0.2) is 21.2 Å². The quantitative estimate of drug-likeness (QED) is 0.755. The highest BCUT2D eigenvalue weighted by Gasteiger charge is 2.34. The van der Waals surface area contributed by atoms with Gasteiger partial charge in [-0.25, -0.2) is 0 Å². The van der Waals surface area contributed by atoms with Crippen LogP contribution in [0, 0.1) is 13.8 Å². The van der Waals surface area contributed by atoms with Crippen LogP contribution >= 0.6 is 0 Å². The van der Waals surface area contributed by atoms with Gasteiger partial charge in [0.2, 0.25) is 5.91 Å². The van der Waals surface area contributed by atoms with Crippen LogP contribution in [0.15, 0.2) is 18.2 Å². The number of aryl methyl sites for hydroxylation is 2. The number of hydrogen-bond acceptors (Lipinski definition) is 3. The Balaban J connectivity index is 2.24. The van der Waals surface area contributed by atoms with Crippen LogP contribution in [0.4, 0.5) is 18.9 Å². The molecule has 1 amide bonds. The van der Waals surface area contributed by atoms with Crippen molar-refractivity contribution in [3.63, 3.8) is 0 Å². The van der Waals surface area contributed by atoms with Crippen molar-refractivity contribution in [1.29, 1.82) is 0 Å². The van der Waals surface area contributed by atoms with Gasteiger partial charge < -0.3 is 10.4 Å². The Labute approximate surface area is 130 Å². The van der Waals surface area contributed by atoms with Crippen molar-refractivity contribution in [3.8, 4) is 5.75 Å². The number of halogens is 3. The number of hydrogen-bond donors (Lipinski definition) is 3. The third kappa shape index (κ3) is 3.46. The van der Waals surface area contributed by atoms with Crippen LogP contribution in [0.3, 0.4) is 0 Å². The molecule has 23 heavy (non-hydrogen) atoms. The molecule has 8 heteroatoms. The number of amides is 1. The number of nitrogens with zero attached hydrogens (tertiary/aromatic N) is 1. The molecule has 0 aliphatic rings. The minimum atomic E-state index is -4.70. The van der Waals surface area contributed by atoms with Crippen molar-refractivity contribution in [3.05, 3.63) is 40.7 Å². The number of carbonyl (C=O) groups excluding carboxylic acids is 1. The van der Waals surface area contributed by atoms with Crippen LogP contribution in [0.25, 0.3) is 0 Å². The minimum absolute atomic E-state index is 0.0363. The first-order valence-corrected chi connectivity index (χ1v) is 6.83. The molecule has 0 spiro atoms. The van der Waals surface area contributed by atoms with Gasteiger partial charge >= 0.3 is 6.18 Å². The van der Waals surface area contributed by atoms with Crippen molar-refractivity contribution >= 4 is 11.6 Å². The Morgan fingerprint density at radius 3 is 2.52 bits per heavy atom. The number of nitrogens with one attached hydrogen (secondary N) is 2. The largest absolute Gasteiger partial charge is 0.507 e. The fourth-order valence-corrected chi connectivity index (χ4v) is 2.42. The van der Waals surface area contributed by atoms with Gasteiger partial charge in [-0.1, -0.05) is 0 Å². The molecule has 2 aromatic rings. The van der Waals surface area contributed by atoms with E-state index in [1.54, 1.807) is 20.8 Å². The minimum Gasteiger partial charge on any atom is -0.507 e. The van der Waals surface area contributed by atoms with Crippen molar-refractivity contribution < 1.29 is 23.1 Å². The average molecular weight is 327 g/mol. The maximum absolute atomic E-state index is 12.8. The molecule has 1 unspecified atom stereocenters. The molecule has 1 heterocycles. The number of phenols is 1. The molecule has 1 aromatic carbocycles. The zero-order valence-corrected chi connectivity index (χ0v) is 12.7. The summed E-state index contributed by atoms with van der Waals surface area (Å²) in [6, 6.07) is 2.82. The number of carbonyl (C=O) groups is 1. The number of aromatic nitrogens is 2. The molecule has 5 nitrogen and oxygen atoms in total. The molecule has 0 radical (unpaired) electrons. The molecule has 0 fully saturated rings. The summed E-state index contributed by atoms with van der Waals surface area (Å²) in [5.74, 6) is -1.93. The normalized spacial score (nSPS) is 13.0. The number of phenolic OH excluding ortho intramolecular Hbond substituents is 1. The Kier molecular flexibility index (Phi) is 4.35. The molecule has 1 aromatic heterocycles. The molecular weight excluding hydrogens is 311 g/mol. The predicted molar refractivity (Wildman–Crippen MR) is 78.2 cm³/mol. The lowest BCUT2D eigenvalue weighted by atomic mass is 9.98. The molecule has 0 bridgehead atoms. The average Bonchev–Trinajstić information content (AvgIpc) is 2.78. The number of H-pyrrole nitrogens is 1. The molecule has 0 aliphatic carbocycles. The molecule has 3 N–H and O–H groups in total. The third-order valence-electron chi connectivity index (χ3n) is 3.58. The monoisotopic (exact) mass is 327 g/mol. The smallest absolute Gasteiger partial charge is 0.420 e. The molecule has 0 saturated heterocycles. The highest BCUT2D eigenvalue weighted by atomic mass is 19.4.